The molecule has 0 heterocycles. The van der Waals surface area contributed by atoms with Gasteiger partial charge in [-0.15, -0.1) is 0 Å². The van der Waals surface area contributed by atoms with E-state index in [1.165, 1.54) is 11.4 Å². The number of carbonyl (C=O) groups is 1. The van der Waals surface area contributed by atoms with Crippen molar-refractivity contribution < 1.29 is 17.9 Å². The van der Waals surface area contributed by atoms with Gasteiger partial charge in [0.05, 0.1) is 24.1 Å². The van der Waals surface area contributed by atoms with Gasteiger partial charge in [0.15, 0.2) is 0 Å². The van der Waals surface area contributed by atoms with Crippen LogP contribution >= 0.6 is 11.6 Å². The van der Waals surface area contributed by atoms with Crippen LogP contribution in [0.25, 0.3) is 0 Å². The Kier molecular flexibility index (Phi) is 9.06. The van der Waals surface area contributed by atoms with Crippen LogP contribution in [0.15, 0.2) is 18.2 Å². The van der Waals surface area contributed by atoms with Crippen LogP contribution in [-0.2, 0) is 14.8 Å². The second-order valence-electron chi connectivity index (χ2n) is 5.81. The van der Waals surface area contributed by atoms with Crippen LogP contribution in [-0.4, -0.2) is 40.8 Å². The van der Waals surface area contributed by atoms with Crippen molar-refractivity contribution in [3.8, 4) is 5.75 Å². The summed E-state index contributed by atoms with van der Waals surface area (Å²) in [6.45, 7) is 2.98. The van der Waals surface area contributed by atoms with E-state index in [-0.39, 0.29) is 18.9 Å². The van der Waals surface area contributed by atoms with Gasteiger partial charge in [0.25, 0.3) is 0 Å². The quantitative estimate of drug-likeness (QED) is 0.588. The first-order valence-electron chi connectivity index (χ1n) is 8.37. The van der Waals surface area contributed by atoms with E-state index in [4.69, 9.17) is 16.3 Å². The molecule has 0 aromatic heterocycles. The van der Waals surface area contributed by atoms with Crippen molar-refractivity contribution in [3.05, 3.63) is 23.2 Å². The third-order valence-electron chi connectivity index (χ3n) is 3.69. The van der Waals surface area contributed by atoms with Crippen molar-refractivity contribution in [2.24, 2.45) is 0 Å². The summed E-state index contributed by atoms with van der Waals surface area (Å²) in [6.07, 6.45) is 4.99. The Hall–Kier alpha value is -1.47. The van der Waals surface area contributed by atoms with E-state index in [1.807, 2.05) is 0 Å². The number of methoxy groups -OCH3 is 1. The summed E-state index contributed by atoms with van der Waals surface area (Å²) in [6, 6.07) is 4.80. The molecule has 0 radical (unpaired) electrons. The molecule has 0 unspecified atom stereocenters. The molecule has 1 amide bonds. The highest BCUT2D eigenvalue weighted by Crippen LogP contribution is 2.30. The number of benzene rings is 1. The number of rotatable bonds is 11. The lowest BCUT2D eigenvalue weighted by atomic mass is 10.2. The Morgan fingerprint density at radius 3 is 2.56 bits per heavy atom. The molecule has 25 heavy (non-hydrogen) atoms. The molecule has 1 aromatic carbocycles. The molecule has 6 nitrogen and oxygen atoms in total. The molecule has 8 heteroatoms. The topological polar surface area (TPSA) is 75.7 Å². The standard InChI is InChI=1S/C17H27ClN2O4S/c1-4-5-6-11-19-17(21)8-7-12-20(25(3,22)23)14-9-10-16(24-2)15(18)13-14/h9-10,13H,4-8,11-12H2,1-3H3,(H,19,21). The van der Waals surface area contributed by atoms with Crippen molar-refractivity contribution in [1.82, 2.24) is 5.32 Å². The predicted octanol–water partition coefficient (Wildman–Crippen LogP) is 3.20. The van der Waals surface area contributed by atoms with E-state index in [9.17, 15) is 13.2 Å². The fraction of sp³-hybridized carbons (Fsp3) is 0.588. The second kappa shape index (κ2) is 10.5. The smallest absolute Gasteiger partial charge is 0.232 e. The highest BCUT2D eigenvalue weighted by Gasteiger charge is 2.18. The molecule has 0 aliphatic heterocycles. The van der Waals surface area contributed by atoms with Gasteiger partial charge in [-0.25, -0.2) is 8.42 Å². The molecule has 0 saturated heterocycles. The maximum atomic E-state index is 12.1. The van der Waals surface area contributed by atoms with Crippen molar-refractivity contribution in [1.29, 1.82) is 0 Å². The van der Waals surface area contributed by atoms with Crippen LogP contribution in [0, 0.1) is 0 Å². The lowest BCUT2D eigenvalue weighted by Gasteiger charge is -2.23. The van der Waals surface area contributed by atoms with Crippen LogP contribution in [0.3, 0.4) is 0 Å². The molecule has 142 valence electrons. The third-order valence-corrected chi connectivity index (χ3v) is 5.18. The monoisotopic (exact) mass is 390 g/mol. The minimum atomic E-state index is -3.47. The number of nitrogens with one attached hydrogen (secondary N) is 1. The van der Waals surface area contributed by atoms with Crippen molar-refractivity contribution >= 4 is 33.2 Å². The van der Waals surface area contributed by atoms with E-state index in [0.29, 0.717) is 29.4 Å². The maximum Gasteiger partial charge on any atom is 0.232 e. The number of halogens is 1. The lowest BCUT2D eigenvalue weighted by Crippen LogP contribution is -2.32. The first-order valence-corrected chi connectivity index (χ1v) is 10.6. The van der Waals surface area contributed by atoms with Crippen LogP contribution in [0.1, 0.15) is 39.0 Å². The number of unbranched alkanes of at least 4 members (excludes halogenated alkanes) is 2. The number of sulfonamides is 1. The fourth-order valence-electron chi connectivity index (χ4n) is 2.37. The summed E-state index contributed by atoms with van der Waals surface area (Å²) in [4.78, 5) is 11.8. The normalized spacial score (nSPS) is 11.2. The van der Waals surface area contributed by atoms with Crippen LogP contribution in [0.5, 0.6) is 5.75 Å². The van der Waals surface area contributed by atoms with Gasteiger partial charge < -0.3 is 10.1 Å². The molecule has 0 saturated carbocycles. The molecule has 0 bridgehead atoms. The molecule has 1 aromatic rings. The zero-order chi connectivity index (χ0) is 18.9. The Balaban J connectivity index is 2.64. The summed E-state index contributed by atoms with van der Waals surface area (Å²) in [7, 11) is -1.98. The first kappa shape index (κ1) is 21.6. The summed E-state index contributed by atoms with van der Waals surface area (Å²) >= 11 is 6.08. The highest BCUT2D eigenvalue weighted by molar-refractivity contribution is 7.92. The van der Waals surface area contributed by atoms with Gasteiger partial charge in [-0.1, -0.05) is 31.4 Å². The van der Waals surface area contributed by atoms with Gasteiger partial charge in [0, 0.05) is 19.5 Å². The van der Waals surface area contributed by atoms with Crippen LogP contribution in [0.2, 0.25) is 5.02 Å². The SMILES string of the molecule is CCCCCNC(=O)CCCN(c1ccc(OC)c(Cl)c1)S(C)(=O)=O. The minimum absolute atomic E-state index is 0.0580. The number of anilines is 1. The summed E-state index contributed by atoms with van der Waals surface area (Å²) < 4.78 is 30.5. The maximum absolute atomic E-state index is 12.1. The zero-order valence-corrected chi connectivity index (χ0v) is 16.6. The minimum Gasteiger partial charge on any atom is -0.495 e. The van der Waals surface area contributed by atoms with E-state index >= 15 is 0 Å². The zero-order valence-electron chi connectivity index (χ0n) is 15.0. The predicted molar refractivity (Wildman–Crippen MR) is 102 cm³/mol. The number of ether oxygens (including phenoxy) is 1. The molecular formula is C17H27ClN2O4S. The highest BCUT2D eigenvalue weighted by atomic mass is 35.5. The van der Waals surface area contributed by atoms with E-state index in [2.05, 4.69) is 12.2 Å². The molecule has 1 rings (SSSR count). The van der Waals surface area contributed by atoms with Gasteiger partial charge in [0.1, 0.15) is 5.75 Å². The molecule has 1 N–H and O–H groups in total. The molecule has 0 aliphatic carbocycles. The van der Waals surface area contributed by atoms with Crippen molar-refractivity contribution in [3.63, 3.8) is 0 Å². The Labute approximate surface area is 155 Å². The average molecular weight is 391 g/mol. The number of nitrogens with zero attached hydrogens (tertiary/aromatic N) is 1. The second-order valence-corrected chi connectivity index (χ2v) is 8.13. The van der Waals surface area contributed by atoms with E-state index in [1.54, 1.807) is 18.2 Å². The van der Waals surface area contributed by atoms with Crippen molar-refractivity contribution in [2.75, 3.05) is 30.8 Å². The Morgan fingerprint density at radius 2 is 2.00 bits per heavy atom. The van der Waals surface area contributed by atoms with E-state index in [0.717, 1.165) is 25.5 Å². The number of carbonyl (C=O) groups excluding carboxylic acids is 1. The van der Waals surface area contributed by atoms with Crippen molar-refractivity contribution in [2.45, 2.75) is 39.0 Å². The van der Waals surface area contributed by atoms with Crippen LogP contribution in [0.4, 0.5) is 5.69 Å². The number of hydrogen-bond donors (Lipinski definition) is 1. The fourth-order valence-corrected chi connectivity index (χ4v) is 3.58. The Bertz CT molecular complexity index is 665. The average Bonchev–Trinajstić information content (AvgIpc) is 2.54. The van der Waals surface area contributed by atoms with Gasteiger partial charge in [0.2, 0.25) is 15.9 Å². The number of amides is 1. The van der Waals surface area contributed by atoms with Gasteiger partial charge in [-0.3, -0.25) is 9.10 Å². The van der Waals surface area contributed by atoms with Gasteiger partial charge in [-0.2, -0.15) is 0 Å². The lowest BCUT2D eigenvalue weighted by molar-refractivity contribution is -0.121. The molecule has 0 aliphatic rings. The molecular weight excluding hydrogens is 364 g/mol. The first-order chi connectivity index (χ1) is 11.8. The largest absolute Gasteiger partial charge is 0.495 e. The van der Waals surface area contributed by atoms with Gasteiger partial charge >= 0.3 is 0 Å². The Morgan fingerprint density at radius 1 is 1.28 bits per heavy atom. The third kappa shape index (κ3) is 7.52. The molecule has 0 spiro atoms. The van der Waals surface area contributed by atoms with Gasteiger partial charge in [-0.05, 0) is 31.0 Å². The summed E-state index contributed by atoms with van der Waals surface area (Å²) in [5, 5.41) is 3.18. The summed E-state index contributed by atoms with van der Waals surface area (Å²) in [5.74, 6) is 0.419. The molecule has 0 fully saturated rings. The van der Waals surface area contributed by atoms with E-state index < -0.39 is 10.0 Å². The summed E-state index contributed by atoms with van der Waals surface area (Å²) in [5.41, 5.74) is 0.455. The van der Waals surface area contributed by atoms with Crippen LogP contribution < -0.4 is 14.4 Å². The number of hydrogen-bond acceptors (Lipinski definition) is 4. The molecule has 0 atom stereocenters.